The zero-order chi connectivity index (χ0) is 25.8. The maximum atomic E-state index is 13.2. The molecule has 0 aromatic heterocycles. The van der Waals surface area contributed by atoms with E-state index in [0.717, 1.165) is 16.0 Å². The Bertz CT molecular complexity index is 1350. The van der Waals surface area contributed by atoms with Crippen LogP contribution in [-0.4, -0.2) is 24.5 Å². The minimum Gasteiger partial charge on any atom is -0.490 e. The summed E-state index contributed by atoms with van der Waals surface area (Å²) in [5, 5.41) is 2.38. The van der Waals surface area contributed by atoms with Crippen molar-refractivity contribution in [3.63, 3.8) is 0 Å². The summed E-state index contributed by atoms with van der Waals surface area (Å²) >= 11 is 6.47. The number of urea groups is 1. The van der Waals surface area contributed by atoms with Gasteiger partial charge in [-0.3, -0.25) is 14.9 Å². The highest BCUT2D eigenvalue weighted by atomic mass is 35.5. The molecule has 9 heteroatoms. The number of barbiturate groups is 1. The summed E-state index contributed by atoms with van der Waals surface area (Å²) in [4.78, 5) is 39.0. The van der Waals surface area contributed by atoms with E-state index in [9.17, 15) is 18.8 Å². The molecule has 1 saturated heterocycles. The number of nitrogens with zero attached hydrogens (tertiary/aromatic N) is 1. The number of hydrogen-bond acceptors (Lipinski definition) is 5. The van der Waals surface area contributed by atoms with E-state index in [1.807, 2.05) is 6.92 Å². The molecule has 36 heavy (non-hydrogen) atoms. The Morgan fingerprint density at radius 3 is 2.36 bits per heavy atom. The average molecular weight is 509 g/mol. The molecule has 0 unspecified atom stereocenters. The molecule has 184 valence electrons. The minimum atomic E-state index is -0.830. The molecule has 1 N–H and O–H groups in total. The monoisotopic (exact) mass is 508 g/mol. The Hall–Kier alpha value is -4.17. The van der Waals surface area contributed by atoms with Gasteiger partial charge in [-0.05, 0) is 67.4 Å². The maximum absolute atomic E-state index is 13.2. The molecule has 0 radical (unpaired) electrons. The Morgan fingerprint density at radius 1 is 1.00 bits per heavy atom. The number of halogens is 2. The number of rotatable bonds is 7. The van der Waals surface area contributed by atoms with Gasteiger partial charge in [-0.15, -0.1) is 0 Å². The normalized spacial score (nSPS) is 14.7. The predicted octanol–water partition coefficient (Wildman–Crippen LogP) is 5.43. The van der Waals surface area contributed by atoms with Crippen LogP contribution < -0.4 is 19.7 Å². The van der Waals surface area contributed by atoms with Gasteiger partial charge in [-0.2, -0.15) is 0 Å². The van der Waals surface area contributed by atoms with Crippen molar-refractivity contribution in [2.24, 2.45) is 0 Å². The van der Waals surface area contributed by atoms with Crippen molar-refractivity contribution in [2.75, 3.05) is 11.5 Å². The molecule has 0 spiro atoms. The molecule has 3 aromatic rings. The quantitative estimate of drug-likeness (QED) is 0.340. The molecule has 0 bridgehead atoms. The van der Waals surface area contributed by atoms with Gasteiger partial charge < -0.3 is 9.47 Å². The first-order valence-electron chi connectivity index (χ1n) is 11.1. The number of hydrogen-bond donors (Lipinski definition) is 1. The summed E-state index contributed by atoms with van der Waals surface area (Å²) in [6, 6.07) is 14.9. The number of nitrogens with one attached hydrogen (secondary N) is 1. The first-order chi connectivity index (χ1) is 17.3. The second-order valence-corrected chi connectivity index (χ2v) is 8.38. The van der Waals surface area contributed by atoms with E-state index >= 15 is 0 Å². The van der Waals surface area contributed by atoms with Crippen LogP contribution in [0.2, 0.25) is 5.02 Å². The van der Waals surface area contributed by atoms with E-state index in [2.05, 4.69) is 5.32 Å². The average Bonchev–Trinajstić information content (AvgIpc) is 2.83. The summed E-state index contributed by atoms with van der Waals surface area (Å²) in [6.45, 7) is 4.09. The molecule has 7 nitrogen and oxygen atoms in total. The third-order valence-electron chi connectivity index (χ3n) is 5.33. The van der Waals surface area contributed by atoms with Crippen molar-refractivity contribution in [2.45, 2.75) is 20.5 Å². The van der Waals surface area contributed by atoms with Crippen LogP contribution in [0.3, 0.4) is 0 Å². The van der Waals surface area contributed by atoms with Gasteiger partial charge in [0.25, 0.3) is 11.8 Å². The summed E-state index contributed by atoms with van der Waals surface area (Å²) in [5.74, 6) is -1.37. The van der Waals surface area contributed by atoms with Crippen molar-refractivity contribution in [3.8, 4) is 11.5 Å². The Labute approximate surface area is 212 Å². The van der Waals surface area contributed by atoms with Gasteiger partial charge in [0.05, 0.1) is 17.3 Å². The highest BCUT2D eigenvalue weighted by Gasteiger charge is 2.36. The van der Waals surface area contributed by atoms with Crippen LogP contribution in [-0.2, 0) is 16.2 Å². The van der Waals surface area contributed by atoms with Crippen molar-refractivity contribution < 1.29 is 28.2 Å². The number of carbonyl (C=O) groups is 3. The SMILES string of the molecule is CCOc1cc(/C=C2\C(=O)NC(=O)N(c3ccc(C)cc3)C2=O)cc(Cl)c1OCc1ccc(F)cc1. The first-order valence-corrected chi connectivity index (χ1v) is 11.5. The van der Waals surface area contributed by atoms with Crippen LogP contribution in [0.15, 0.2) is 66.2 Å². The van der Waals surface area contributed by atoms with Crippen LogP contribution >= 0.6 is 11.6 Å². The maximum Gasteiger partial charge on any atom is 0.335 e. The van der Waals surface area contributed by atoms with E-state index in [4.69, 9.17) is 21.1 Å². The Kier molecular flexibility index (Phi) is 7.36. The van der Waals surface area contributed by atoms with Crippen molar-refractivity contribution in [1.29, 1.82) is 0 Å². The van der Waals surface area contributed by atoms with Crippen molar-refractivity contribution in [3.05, 3.63) is 93.8 Å². The molecule has 1 aliphatic heterocycles. The summed E-state index contributed by atoms with van der Waals surface area (Å²) in [6.07, 6.45) is 1.34. The fraction of sp³-hybridized carbons (Fsp3) is 0.148. The van der Waals surface area contributed by atoms with Crippen LogP contribution in [0.5, 0.6) is 11.5 Å². The molecule has 4 rings (SSSR count). The summed E-state index contributed by atoms with van der Waals surface area (Å²) < 4.78 is 24.7. The summed E-state index contributed by atoms with van der Waals surface area (Å²) in [7, 11) is 0. The summed E-state index contributed by atoms with van der Waals surface area (Å²) in [5.41, 5.74) is 2.17. The highest BCUT2D eigenvalue weighted by Crippen LogP contribution is 2.38. The van der Waals surface area contributed by atoms with Crippen LogP contribution in [0.4, 0.5) is 14.9 Å². The molecule has 4 amide bonds. The molecule has 1 heterocycles. The number of carbonyl (C=O) groups excluding carboxylic acids is 3. The van der Waals surface area contributed by atoms with E-state index < -0.39 is 17.8 Å². The zero-order valence-electron chi connectivity index (χ0n) is 19.5. The van der Waals surface area contributed by atoms with Crippen LogP contribution in [0.25, 0.3) is 6.08 Å². The lowest BCUT2D eigenvalue weighted by Gasteiger charge is -2.26. The third kappa shape index (κ3) is 5.39. The highest BCUT2D eigenvalue weighted by molar-refractivity contribution is 6.39. The van der Waals surface area contributed by atoms with Gasteiger partial charge >= 0.3 is 6.03 Å². The molecule has 0 saturated carbocycles. The van der Waals surface area contributed by atoms with Gasteiger partial charge in [0, 0.05) is 0 Å². The van der Waals surface area contributed by atoms with Crippen molar-refractivity contribution >= 4 is 41.2 Å². The predicted molar refractivity (Wildman–Crippen MR) is 134 cm³/mol. The van der Waals surface area contributed by atoms with E-state index in [-0.39, 0.29) is 28.8 Å². The minimum absolute atomic E-state index is 0.120. The fourth-order valence-corrected chi connectivity index (χ4v) is 3.84. The molecule has 0 aliphatic carbocycles. The standard InChI is InChI=1S/C27H22ClFN2O5/c1-3-35-23-14-18(13-22(28)24(23)36-15-17-6-8-19(29)9-7-17)12-21-25(32)30-27(34)31(26(21)33)20-10-4-16(2)5-11-20/h4-14H,3,15H2,1-2H3,(H,30,32,34)/b21-12+. The Morgan fingerprint density at radius 2 is 1.69 bits per heavy atom. The lowest BCUT2D eigenvalue weighted by atomic mass is 10.1. The number of amides is 4. The first kappa shape index (κ1) is 24.9. The largest absolute Gasteiger partial charge is 0.490 e. The van der Waals surface area contributed by atoms with Crippen LogP contribution in [0.1, 0.15) is 23.6 Å². The fourth-order valence-electron chi connectivity index (χ4n) is 3.56. The third-order valence-corrected chi connectivity index (χ3v) is 5.61. The van der Waals surface area contributed by atoms with E-state index in [0.29, 0.717) is 23.6 Å². The molecule has 1 aliphatic rings. The number of imide groups is 2. The second-order valence-electron chi connectivity index (χ2n) is 7.97. The van der Waals surface area contributed by atoms with Crippen LogP contribution in [0, 0.1) is 12.7 Å². The van der Waals surface area contributed by atoms with Gasteiger partial charge in [0.2, 0.25) is 0 Å². The zero-order valence-corrected chi connectivity index (χ0v) is 20.3. The number of aryl methyl sites for hydroxylation is 1. The number of benzene rings is 3. The molecule has 3 aromatic carbocycles. The van der Waals surface area contributed by atoms with E-state index in [1.54, 1.807) is 49.4 Å². The molecular formula is C27H22ClFN2O5. The number of ether oxygens (including phenoxy) is 2. The lowest BCUT2D eigenvalue weighted by Crippen LogP contribution is -2.54. The molecular weight excluding hydrogens is 487 g/mol. The number of anilines is 1. The van der Waals surface area contributed by atoms with Gasteiger partial charge in [-0.25, -0.2) is 14.1 Å². The smallest absolute Gasteiger partial charge is 0.335 e. The Balaban J connectivity index is 1.65. The lowest BCUT2D eigenvalue weighted by molar-refractivity contribution is -0.122. The van der Waals surface area contributed by atoms with Gasteiger partial charge in [0.15, 0.2) is 11.5 Å². The molecule has 0 atom stereocenters. The van der Waals surface area contributed by atoms with Gasteiger partial charge in [-0.1, -0.05) is 41.4 Å². The van der Waals surface area contributed by atoms with E-state index in [1.165, 1.54) is 24.3 Å². The molecule has 1 fully saturated rings. The van der Waals surface area contributed by atoms with Crippen molar-refractivity contribution in [1.82, 2.24) is 5.32 Å². The second kappa shape index (κ2) is 10.6. The topological polar surface area (TPSA) is 84.9 Å². The van der Waals surface area contributed by atoms with Gasteiger partial charge in [0.1, 0.15) is 18.0 Å².